The van der Waals surface area contributed by atoms with Crippen LogP contribution >= 0.6 is 0 Å². The summed E-state index contributed by atoms with van der Waals surface area (Å²) in [5.74, 6) is -0.230. The van der Waals surface area contributed by atoms with Gasteiger partial charge in [-0.3, -0.25) is 4.79 Å². The van der Waals surface area contributed by atoms with Crippen molar-refractivity contribution < 1.29 is 24.2 Å². The Hall–Kier alpha value is -2.04. The summed E-state index contributed by atoms with van der Waals surface area (Å²) in [7, 11) is 0. The monoisotopic (exact) mass is 280 g/mol. The average Bonchev–Trinajstić information content (AvgIpc) is 2.44. The van der Waals surface area contributed by atoms with Crippen LogP contribution in [0.15, 0.2) is 18.2 Å². The van der Waals surface area contributed by atoms with Crippen LogP contribution < -0.4 is 9.47 Å². The molecule has 1 atom stereocenters. The number of aliphatic carboxylic acids is 1. The van der Waals surface area contributed by atoms with Gasteiger partial charge in [-0.15, -0.1) is 0 Å². The Kier molecular flexibility index (Phi) is 6.56. The lowest BCUT2D eigenvalue weighted by Gasteiger charge is -2.16. The van der Waals surface area contributed by atoms with Crippen LogP contribution in [0.1, 0.15) is 43.5 Å². The van der Waals surface area contributed by atoms with Gasteiger partial charge < -0.3 is 14.6 Å². The first-order valence-electron chi connectivity index (χ1n) is 6.73. The van der Waals surface area contributed by atoms with Crippen LogP contribution in [0.2, 0.25) is 0 Å². The highest BCUT2D eigenvalue weighted by Crippen LogP contribution is 2.25. The van der Waals surface area contributed by atoms with E-state index in [2.05, 4.69) is 0 Å². The minimum absolute atomic E-state index is 0.245. The molecule has 0 amide bonds. The van der Waals surface area contributed by atoms with Gasteiger partial charge in [-0.25, -0.2) is 4.79 Å². The zero-order chi connectivity index (χ0) is 15.0. The second kappa shape index (κ2) is 8.19. The van der Waals surface area contributed by atoms with Crippen LogP contribution in [0.5, 0.6) is 11.5 Å². The smallest absolute Gasteiger partial charge is 0.344 e. The highest BCUT2D eigenvalue weighted by molar-refractivity contribution is 5.80. The third-order valence-electron chi connectivity index (χ3n) is 2.68. The number of carboxylic acids is 1. The Morgan fingerprint density at radius 3 is 2.65 bits per heavy atom. The Labute approximate surface area is 118 Å². The van der Waals surface area contributed by atoms with E-state index in [4.69, 9.17) is 14.6 Å². The fraction of sp³-hybridized carbons (Fsp3) is 0.467. The predicted molar refractivity (Wildman–Crippen MR) is 74.6 cm³/mol. The molecule has 1 aromatic rings. The Morgan fingerprint density at radius 1 is 1.35 bits per heavy atom. The summed E-state index contributed by atoms with van der Waals surface area (Å²) in [5.41, 5.74) is 0.316. The van der Waals surface area contributed by atoms with Crippen molar-refractivity contribution in [3.8, 4) is 11.5 Å². The molecule has 20 heavy (non-hydrogen) atoms. The van der Waals surface area contributed by atoms with Gasteiger partial charge in [0.25, 0.3) is 0 Å². The molecule has 0 aliphatic rings. The molecular formula is C15H20O5. The minimum atomic E-state index is -1.04. The summed E-state index contributed by atoms with van der Waals surface area (Å²) < 4.78 is 10.9. The summed E-state index contributed by atoms with van der Waals surface area (Å²) >= 11 is 0. The second-order valence-corrected chi connectivity index (χ2v) is 4.40. The first-order valence-corrected chi connectivity index (χ1v) is 6.73. The SMILES string of the molecule is CCCOc1ccc(C=O)c(OC(CCC)C(=O)O)c1. The molecule has 110 valence electrons. The van der Waals surface area contributed by atoms with Crippen molar-refractivity contribution in [1.82, 2.24) is 0 Å². The molecule has 0 heterocycles. The first-order chi connectivity index (χ1) is 9.62. The van der Waals surface area contributed by atoms with Gasteiger partial charge in [0.05, 0.1) is 12.2 Å². The summed E-state index contributed by atoms with van der Waals surface area (Å²) in [6.07, 6.45) is 1.61. The quantitative estimate of drug-likeness (QED) is 0.704. The van der Waals surface area contributed by atoms with Crippen LogP contribution in [-0.4, -0.2) is 30.1 Å². The zero-order valence-corrected chi connectivity index (χ0v) is 11.8. The van der Waals surface area contributed by atoms with Gasteiger partial charge in [0.1, 0.15) is 11.5 Å². The normalized spacial score (nSPS) is 11.7. The molecule has 0 saturated heterocycles. The van der Waals surface area contributed by atoms with E-state index in [-0.39, 0.29) is 5.75 Å². The molecule has 0 spiro atoms. The number of carbonyl (C=O) groups excluding carboxylic acids is 1. The highest BCUT2D eigenvalue weighted by atomic mass is 16.5. The maximum absolute atomic E-state index is 11.1. The number of carboxylic acid groups (broad SMARTS) is 1. The summed E-state index contributed by atoms with van der Waals surface area (Å²) in [6.45, 7) is 4.41. The summed E-state index contributed by atoms with van der Waals surface area (Å²) in [5, 5.41) is 9.10. The molecule has 0 aliphatic carbocycles. The van der Waals surface area contributed by atoms with Gasteiger partial charge in [-0.1, -0.05) is 20.3 Å². The van der Waals surface area contributed by atoms with Crippen molar-refractivity contribution in [2.75, 3.05) is 6.61 Å². The Balaban J connectivity index is 2.94. The lowest BCUT2D eigenvalue weighted by atomic mass is 10.2. The van der Waals surface area contributed by atoms with E-state index in [9.17, 15) is 9.59 Å². The average molecular weight is 280 g/mol. The van der Waals surface area contributed by atoms with Crippen molar-refractivity contribution >= 4 is 12.3 Å². The van der Waals surface area contributed by atoms with Crippen molar-refractivity contribution in [2.45, 2.75) is 39.2 Å². The molecule has 1 N–H and O–H groups in total. The van der Waals surface area contributed by atoms with E-state index < -0.39 is 12.1 Å². The van der Waals surface area contributed by atoms with E-state index in [1.54, 1.807) is 18.2 Å². The number of hydrogen-bond donors (Lipinski definition) is 1. The van der Waals surface area contributed by atoms with E-state index in [0.717, 1.165) is 6.42 Å². The van der Waals surface area contributed by atoms with E-state index in [1.807, 2.05) is 13.8 Å². The molecule has 0 aromatic heterocycles. The van der Waals surface area contributed by atoms with Crippen LogP contribution in [0.4, 0.5) is 0 Å². The maximum atomic E-state index is 11.1. The third-order valence-corrected chi connectivity index (χ3v) is 2.68. The molecular weight excluding hydrogens is 260 g/mol. The van der Waals surface area contributed by atoms with Gasteiger partial charge in [-0.05, 0) is 25.0 Å². The molecule has 5 heteroatoms. The Morgan fingerprint density at radius 2 is 2.10 bits per heavy atom. The molecule has 1 rings (SSSR count). The largest absolute Gasteiger partial charge is 0.493 e. The standard InChI is InChI=1S/C15H20O5/c1-3-5-13(15(17)18)20-14-9-12(19-8-4-2)7-6-11(14)10-16/h6-7,9-10,13H,3-5,8H2,1-2H3,(H,17,18). The molecule has 1 unspecified atom stereocenters. The second-order valence-electron chi connectivity index (χ2n) is 4.40. The van der Waals surface area contributed by atoms with Crippen LogP contribution in [0, 0.1) is 0 Å². The number of hydrogen-bond acceptors (Lipinski definition) is 4. The van der Waals surface area contributed by atoms with Crippen molar-refractivity contribution in [2.24, 2.45) is 0 Å². The van der Waals surface area contributed by atoms with E-state index in [1.165, 1.54) is 0 Å². The molecule has 0 fully saturated rings. The summed E-state index contributed by atoms with van der Waals surface area (Å²) in [6, 6.07) is 4.80. The summed E-state index contributed by atoms with van der Waals surface area (Å²) in [4.78, 5) is 22.1. The minimum Gasteiger partial charge on any atom is -0.493 e. The fourth-order valence-electron chi connectivity index (χ4n) is 1.67. The number of carbonyl (C=O) groups is 2. The van der Waals surface area contributed by atoms with Crippen molar-refractivity contribution in [3.05, 3.63) is 23.8 Å². The number of rotatable bonds is 9. The first kappa shape index (κ1) is 16.0. The third kappa shape index (κ3) is 4.57. The topological polar surface area (TPSA) is 72.8 Å². The maximum Gasteiger partial charge on any atom is 0.344 e. The predicted octanol–water partition coefficient (Wildman–Crippen LogP) is 2.92. The highest BCUT2D eigenvalue weighted by Gasteiger charge is 2.20. The van der Waals surface area contributed by atoms with Gasteiger partial charge in [0.15, 0.2) is 12.4 Å². The van der Waals surface area contributed by atoms with Gasteiger partial charge in [0, 0.05) is 6.07 Å². The number of benzene rings is 1. The van der Waals surface area contributed by atoms with Gasteiger partial charge in [0.2, 0.25) is 0 Å². The zero-order valence-electron chi connectivity index (χ0n) is 11.8. The van der Waals surface area contributed by atoms with Crippen LogP contribution in [-0.2, 0) is 4.79 Å². The fourth-order valence-corrected chi connectivity index (χ4v) is 1.67. The number of ether oxygens (including phenoxy) is 2. The molecule has 0 radical (unpaired) electrons. The lowest BCUT2D eigenvalue weighted by molar-refractivity contribution is -0.145. The van der Waals surface area contributed by atoms with Gasteiger partial charge >= 0.3 is 5.97 Å². The molecule has 0 saturated carbocycles. The van der Waals surface area contributed by atoms with Gasteiger partial charge in [-0.2, -0.15) is 0 Å². The Bertz CT molecular complexity index is 456. The van der Waals surface area contributed by atoms with Crippen LogP contribution in [0.3, 0.4) is 0 Å². The van der Waals surface area contributed by atoms with E-state index in [0.29, 0.717) is 37.0 Å². The molecule has 0 bridgehead atoms. The molecule has 5 nitrogen and oxygen atoms in total. The molecule has 1 aromatic carbocycles. The van der Waals surface area contributed by atoms with Crippen LogP contribution in [0.25, 0.3) is 0 Å². The molecule has 0 aliphatic heterocycles. The van der Waals surface area contributed by atoms with Crippen molar-refractivity contribution in [3.63, 3.8) is 0 Å². The van der Waals surface area contributed by atoms with Crippen molar-refractivity contribution in [1.29, 1.82) is 0 Å². The lowest BCUT2D eigenvalue weighted by Crippen LogP contribution is -2.27. The van der Waals surface area contributed by atoms with E-state index >= 15 is 0 Å². The number of aldehydes is 1.